The normalized spacial score (nSPS) is 15.8. The molecule has 1 unspecified atom stereocenters. The van der Waals surface area contributed by atoms with Gasteiger partial charge in [0.1, 0.15) is 6.61 Å². The van der Waals surface area contributed by atoms with Crippen molar-refractivity contribution in [1.82, 2.24) is 0 Å². The van der Waals surface area contributed by atoms with Crippen LogP contribution in [0.3, 0.4) is 0 Å². The molecule has 5 heteroatoms. The zero-order chi connectivity index (χ0) is 23.2. The van der Waals surface area contributed by atoms with Gasteiger partial charge >= 0.3 is 11.9 Å². The van der Waals surface area contributed by atoms with Crippen LogP contribution >= 0.6 is 0 Å². The van der Waals surface area contributed by atoms with Crippen LogP contribution < -0.4 is 0 Å². The highest BCUT2D eigenvalue weighted by Crippen LogP contribution is 2.13. The number of rotatable bonds is 17. The Bertz CT molecular complexity index is 492. The molecule has 1 atom stereocenters. The van der Waals surface area contributed by atoms with Gasteiger partial charge in [-0.1, -0.05) is 90.2 Å². The quantitative estimate of drug-likeness (QED) is 0.150. The van der Waals surface area contributed by atoms with E-state index in [1.54, 1.807) is 6.92 Å². The summed E-state index contributed by atoms with van der Waals surface area (Å²) in [6.07, 6.45) is 22.3. The second-order valence-electron chi connectivity index (χ2n) is 8.34. The number of unbranched alkanes of at least 4 members (excludes halogenated alkanes) is 12. The highest BCUT2D eigenvalue weighted by Gasteiger charge is 2.16. The topological polar surface area (TPSA) is 72.8 Å². The molecular weight excluding hydrogens is 392 g/mol. The van der Waals surface area contributed by atoms with Gasteiger partial charge in [-0.05, 0) is 32.6 Å². The largest absolute Gasteiger partial charge is 0.478 e. The SMILES string of the molecule is C=CC(=O)OCC1CCCO1.CCCCCCCCCCCCCCC=C(C)C(=O)O. The van der Waals surface area contributed by atoms with Crippen molar-refractivity contribution in [3.05, 3.63) is 24.3 Å². The number of carbonyl (C=O) groups is 2. The van der Waals surface area contributed by atoms with E-state index < -0.39 is 5.97 Å². The first-order chi connectivity index (χ1) is 15.0. The summed E-state index contributed by atoms with van der Waals surface area (Å²) >= 11 is 0. The van der Waals surface area contributed by atoms with Crippen LogP contribution in [-0.2, 0) is 19.1 Å². The Balaban J connectivity index is 0.000000683. The average Bonchev–Trinajstić information content (AvgIpc) is 3.29. The molecule has 0 amide bonds. The van der Waals surface area contributed by atoms with Gasteiger partial charge in [0.2, 0.25) is 0 Å². The van der Waals surface area contributed by atoms with E-state index >= 15 is 0 Å². The number of ether oxygens (including phenoxy) is 2. The van der Waals surface area contributed by atoms with Crippen molar-refractivity contribution in [2.24, 2.45) is 0 Å². The van der Waals surface area contributed by atoms with Gasteiger partial charge < -0.3 is 14.6 Å². The molecule has 1 fully saturated rings. The van der Waals surface area contributed by atoms with Gasteiger partial charge in [-0.3, -0.25) is 0 Å². The Hall–Kier alpha value is -1.62. The van der Waals surface area contributed by atoms with Gasteiger partial charge in [0.05, 0.1) is 6.10 Å². The molecule has 1 aliphatic rings. The van der Waals surface area contributed by atoms with E-state index in [2.05, 4.69) is 13.5 Å². The highest BCUT2D eigenvalue weighted by atomic mass is 16.6. The van der Waals surface area contributed by atoms with Crippen molar-refractivity contribution >= 4 is 11.9 Å². The first-order valence-corrected chi connectivity index (χ1v) is 12.3. The van der Waals surface area contributed by atoms with E-state index in [0.29, 0.717) is 12.2 Å². The van der Waals surface area contributed by atoms with Gasteiger partial charge in [0.25, 0.3) is 0 Å². The minimum Gasteiger partial charge on any atom is -0.478 e. The number of esters is 1. The monoisotopic (exact) mass is 438 g/mol. The van der Waals surface area contributed by atoms with E-state index in [-0.39, 0.29) is 12.1 Å². The van der Waals surface area contributed by atoms with Crippen LogP contribution in [0.1, 0.15) is 110 Å². The van der Waals surface area contributed by atoms with Gasteiger partial charge in [0, 0.05) is 18.3 Å². The van der Waals surface area contributed by atoms with E-state index in [9.17, 15) is 9.59 Å². The first-order valence-electron chi connectivity index (χ1n) is 12.3. The third-order valence-electron chi connectivity index (χ3n) is 5.45. The molecule has 1 heterocycles. The molecule has 180 valence electrons. The number of hydrogen-bond acceptors (Lipinski definition) is 4. The van der Waals surface area contributed by atoms with Gasteiger partial charge in [-0.15, -0.1) is 0 Å². The number of aliphatic carboxylic acids is 1. The van der Waals surface area contributed by atoms with Crippen LogP contribution in [0.2, 0.25) is 0 Å². The second-order valence-corrected chi connectivity index (χ2v) is 8.34. The lowest BCUT2D eigenvalue weighted by Crippen LogP contribution is -2.16. The standard InChI is InChI=1S/C18H34O2.C8H12O3/c1-3-4-5-6-7-8-9-10-11-12-13-14-15-16-17(2)18(19)20;1-2-8(9)11-6-7-4-3-5-10-7/h16H,3-15H2,1-2H3,(H,19,20);2,7H,1,3-6H2. The van der Waals surface area contributed by atoms with Crippen LogP contribution in [0.25, 0.3) is 0 Å². The molecule has 1 N–H and O–H groups in total. The lowest BCUT2D eigenvalue weighted by Gasteiger charge is -2.07. The molecule has 0 aliphatic carbocycles. The molecular formula is C26H46O5. The maximum absolute atomic E-state index is 10.6. The van der Waals surface area contributed by atoms with E-state index in [4.69, 9.17) is 14.6 Å². The van der Waals surface area contributed by atoms with Crippen molar-refractivity contribution in [2.45, 2.75) is 116 Å². The minimum absolute atomic E-state index is 0.110. The van der Waals surface area contributed by atoms with Crippen LogP contribution in [0.5, 0.6) is 0 Å². The number of carboxylic acid groups (broad SMARTS) is 1. The first kappa shape index (κ1) is 29.4. The molecule has 0 aromatic rings. The van der Waals surface area contributed by atoms with E-state index in [1.807, 2.05) is 6.08 Å². The summed E-state index contributed by atoms with van der Waals surface area (Å²) in [4.78, 5) is 21.2. The molecule has 0 bridgehead atoms. The summed E-state index contributed by atoms with van der Waals surface area (Å²) in [7, 11) is 0. The molecule has 0 aromatic heterocycles. The molecule has 31 heavy (non-hydrogen) atoms. The van der Waals surface area contributed by atoms with Crippen LogP contribution in [0.4, 0.5) is 0 Å². The maximum atomic E-state index is 10.6. The van der Waals surface area contributed by atoms with Crippen molar-refractivity contribution in [1.29, 1.82) is 0 Å². The molecule has 0 saturated carbocycles. The van der Waals surface area contributed by atoms with Crippen LogP contribution in [-0.4, -0.2) is 36.4 Å². The maximum Gasteiger partial charge on any atom is 0.330 e. The predicted molar refractivity (Wildman–Crippen MR) is 127 cm³/mol. The Morgan fingerprint density at radius 1 is 1.00 bits per heavy atom. The zero-order valence-corrected chi connectivity index (χ0v) is 20.0. The van der Waals surface area contributed by atoms with E-state index in [0.717, 1.165) is 38.4 Å². The number of hydrogen-bond donors (Lipinski definition) is 1. The summed E-state index contributed by atoms with van der Waals surface area (Å²) in [6, 6.07) is 0. The number of carboxylic acids is 1. The summed E-state index contributed by atoms with van der Waals surface area (Å²) in [5.74, 6) is -1.16. The van der Waals surface area contributed by atoms with Crippen molar-refractivity contribution in [3.8, 4) is 0 Å². The molecule has 1 saturated heterocycles. The third-order valence-corrected chi connectivity index (χ3v) is 5.45. The number of allylic oxidation sites excluding steroid dienone is 1. The average molecular weight is 439 g/mol. The molecule has 5 nitrogen and oxygen atoms in total. The summed E-state index contributed by atoms with van der Waals surface area (Å²) in [5, 5.41) is 8.70. The molecule has 0 radical (unpaired) electrons. The van der Waals surface area contributed by atoms with E-state index in [1.165, 1.54) is 70.6 Å². The molecule has 1 aliphatic heterocycles. The predicted octanol–water partition coefficient (Wildman–Crippen LogP) is 7.00. The summed E-state index contributed by atoms with van der Waals surface area (Å²) < 4.78 is 10.0. The fraction of sp³-hybridized carbons (Fsp3) is 0.769. The number of carbonyl (C=O) groups excluding carboxylic acids is 1. The van der Waals surface area contributed by atoms with Crippen molar-refractivity contribution < 1.29 is 24.2 Å². The Kier molecular flexibility index (Phi) is 20.5. The van der Waals surface area contributed by atoms with Crippen molar-refractivity contribution in [3.63, 3.8) is 0 Å². The summed E-state index contributed by atoms with van der Waals surface area (Å²) in [6.45, 7) is 8.38. The minimum atomic E-state index is -0.788. The Morgan fingerprint density at radius 3 is 2.00 bits per heavy atom. The van der Waals surface area contributed by atoms with Gasteiger partial charge in [-0.25, -0.2) is 9.59 Å². The third kappa shape index (κ3) is 20.1. The fourth-order valence-electron chi connectivity index (χ4n) is 3.40. The highest BCUT2D eigenvalue weighted by molar-refractivity contribution is 5.85. The summed E-state index contributed by atoms with van der Waals surface area (Å²) in [5.41, 5.74) is 0.480. The van der Waals surface area contributed by atoms with Gasteiger partial charge in [0.15, 0.2) is 0 Å². The lowest BCUT2D eigenvalue weighted by molar-refractivity contribution is -0.141. The molecule has 0 aromatic carbocycles. The Labute approximate surface area is 190 Å². The molecule has 1 rings (SSSR count). The lowest BCUT2D eigenvalue weighted by atomic mass is 10.0. The smallest absolute Gasteiger partial charge is 0.330 e. The van der Waals surface area contributed by atoms with Crippen LogP contribution in [0.15, 0.2) is 24.3 Å². The van der Waals surface area contributed by atoms with Gasteiger partial charge in [-0.2, -0.15) is 0 Å². The van der Waals surface area contributed by atoms with Crippen molar-refractivity contribution in [2.75, 3.05) is 13.2 Å². The molecule has 0 spiro atoms. The second kappa shape index (κ2) is 21.6. The fourth-order valence-corrected chi connectivity index (χ4v) is 3.40. The zero-order valence-electron chi connectivity index (χ0n) is 20.0. The Morgan fingerprint density at radius 2 is 1.55 bits per heavy atom. The van der Waals surface area contributed by atoms with Crippen LogP contribution in [0, 0.1) is 0 Å².